The van der Waals surface area contributed by atoms with Gasteiger partial charge in [0.15, 0.2) is 0 Å². The molecule has 1 heterocycles. The lowest BCUT2D eigenvalue weighted by Crippen LogP contribution is -2.23. The maximum atomic E-state index is 4.19. The second-order valence-corrected chi connectivity index (χ2v) is 5.93. The molecule has 0 bridgehead atoms. The van der Waals surface area contributed by atoms with Crippen LogP contribution in [-0.2, 0) is 6.42 Å². The number of nitrogens with zero attached hydrogens (tertiary/aromatic N) is 1. The van der Waals surface area contributed by atoms with Gasteiger partial charge in [-0.25, -0.2) is 0 Å². The fourth-order valence-electron chi connectivity index (χ4n) is 2.81. The standard InChI is InChI=1S/C16H17BrN2/c1-11(12-4-3-9-18-10-12)19-16-8-7-13-14(16)5-2-6-15(13)17/h2-6,9-11,16,19H,7-8H2,1H3/t11-,16?/m0/s1. The molecule has 0 saturated carbocycles. The third-order valence-electron chi connectivity index (χ3n) is 3.85. The number of hydrogen-bond donors (Lipinski definition) is 1. The van der Waals surface area contributed by atoms with Gasteiger partial charge >= 0.3 is 0 Å². The van der Waals surface area contributed by atoms with Crippen molar-refractivity contribution in [2.45, 2.75) is 31.8 Å². The fraction of sp³-hybridized carbons (Fsp3) is 0.312. The average molecular weight is 317 g/mol. The predicted octanol–water partition coefficient (Wildman–Crippen LogP) is 4.18. The largest absolute Gasteiger partial charge is 0.303 e. The van der Waals surface area contributed by atoms with Crippen molar-refractivity contribution < 1.29 is 0 Å². The van der Waals surface area contributed by atoms with Crippen LogP contribution < -0.4 is 5.32 Å². The first-order valence-electron chi connectivity index (χ1n) is 6.69. The van der Waals surface area contributed by atoms with Crippen molar-refractivity contribution in [1.29, 1.82) is 0 Å². The summed E-state index contributed by atoms with van der Waals surface area (Å²) in [6, 6.07) is 11.4. The molecule has 0 saturated heterocycles. The second-order valence-electron chi connectivity index (χ2n) is 5.07. The van der Waals surface area contributed by atoms with Crippen molar-refractivity contribution in [1.82, 2.24) is 10.3 Å². The zero-order chi connectivity index (χ0) is 13.2. The van der Waals surface area contributed by atoms with E-state index in [1.165, 1.54) is 27.6 Å². The average Bonchev–Trinajstić information content (AvgIpc) is 2.84. The molecule has 1 N–H and O–H groups in total. The Labute approximate surface area is 122 Å². The van der Waals surface area contributed by atoms with Crippen LogP contribution in [0.4, 0.5) is 0 Å². The van der Waals surface area contributed by atoms with Gasteiger partial charge in [-0.15, -0.1) is 0 Å². The molecule has 0 radical (unpaired) electrons. The number of rotatable bonds is 3. The summed E-state index contributed by atoms with van der Waals surface area (Å²) >= 11 is 3.65. The summed E-state index contributed by atoms with van der Waals surface area (Å²) in [5, 5.41) is 3.72. The molecule has 1 aliphatic carbocycles. The van der Waals surface area contributed by atoms with Gasteiger partial charge in [-0.2, -0.15) is 0 Å². The van der Waals surface area contributed by atoms with Gasteiger partial charge in [-0.05, 0) is 48.6 Å². The van der Waals surface area contributed by atoms with Crippen LogP contribution in [0.1, 0.15) is 42.1 Å². The van der Waals surface area contributed by atoms with Gasteiger partial charge in [0, 0.05) is 29.0 Å². The number of pyridine rings is 1. The molecule has 1 aromatic carbocycles. The van der Waals surface area contributed by atoms with Crippen LogP contribution in [0.15, 0.2) is 47.2 Å². The molecule has 3 heteroatoms. The van der Waals surface area contributed by atoms with Crippen LogP contribution in [0.3, 0.4) is 0 Å². The van der Waals surface area contributed by atoms with Crippen molar-refractivity contribution >= 4 is 15.9 Å². The first kappa shape index (κ1) is 12.8. The van der Waals surface area contributed by atoms with E-state index < -0.39 is 0 Å². The lowest BCUT2D eigenvalue weighted by molar-refractivity contribution is 0.464. The third kappa shape index (κ3) is 2.58. The van der Waals surface area contributed by atoms with Crippen LogP contribution in [0.25, 0.3) is 0 Å². The molecule has 2 nitrogen and oxygen atoms in total. The van der Waals surface area contributed by atoms with E-state index in [2.05, 4.69) is 57.4 Å². The molecular formula is C16H17BrN2. The third-order valence-corrected chi connectivity index (χ3v) is 4.59. The summed E-state index contributed by atoms with van der Waals surface area (Å²) < 4.78 is 1.24. The number of halogens is 1. The highest BCUT2D eigenvalue weighted by molar-refractivity contribution is 9.10. The summed E-state index contributed by atoms with van der Waals surface area (Å²) in [5.41, 5.74) is 4.13. The topological polar surface area (TPSA) is 24.9 Å². The first-order chi connectivity index (χ1) is 9.25. The predicted molar refractivity (Wildman–Crippen MR) is 81.0 cm³/mol. The molecule has 0 aliphatic heterocycles. The normalized spacial score (nSPS) is 19.2. The molecule has 1 unspecified atom stereocenters. The van der Waals surface area contributed by atoms with Crippen LogP contribution in [0, 0.1) is 0 Å². The number of fused-ring (bicyclic) bond motifs is 1. The minimum atomic E-state index is 0.323. The van der Waals surface area contributed by atoms with Crippen LogP contribution in [0.2, 0.25) is 0 Å². The minimum Gasteiger partial charge on any atom is -0.303 e. The van der Waals surface area contributed by atoms with Crippen LogP contribution >= 0.6 is 15.9 Å². The molecule has 1 aliphatic rings. The van der Waals surface area contributed by atoms with E-state index in [4.69, 9.17) is 0 Å². The van der Waals surface area contributed by atoms with Gasteiger partial charge in [0.05, 0.1) is 0 Å². The lowest BCUT2D eigenvalue weighted by atomic mass is 10.1. The highest BCUT2D eigenvalue weighted by atomic mass is 79.9. The second kappa shape index (κ2) is 5.43. The monoisotopic (exact) mass is 316 g/mol. The molecule has 98 valence electrons. The SMILES string of the molecule is C[C@H](NC1CCc2c(Br)cccc21)c1cccnc1. The van der Waals surface area contributed by atoms with E-state index in [1.807, 2.05) is 18.5 Å². The zero-order valence-corrected chi connectivity index (χ0v) is 12.5. The van der Waals surface area contributed by atoms with Gasteiger partial charge in [0.25, 0.3) is 0 Å². The zero-order valence-electron chi connectivity index (χ0n) is 10.9. The number of aromatic nitrogens is 1. The van der Waals surface area contributed by atoms with Crippen molar-refractivity contribution in [3.8, 4) is 0 Å². The van der Waals surface area contributed by atoms with Crippen molar-refractivity contribution in [2.75, 3.05) is 0 Å². The Hall–Kier alpha value is -1.19. The van der Waals surface area contributed by atoms with E-state index in [9.17, 15) is 0 Å². The quantitative estimate of drug-likeness (QED) is 0.918. The van der Waals surface area contributed by atoms with E-state index >= 15 is 0 Å². The Morgan fingerprint density at radius 3 is 3.00 bits per heavy atom. The van der Waals surface area contributed by atoms with E-state index in [-0.39, 0.29) is 0 Å². The Bertz CT molecular complexity index is 568. The van der Waals surface area contributed by atoms with Crippen molar-refractivity contribution in [2.24, 2.45) is 0 Å². The summed E-state index contributed by atoms with van der Waals surface area (Å²) in [4.78, 5) is 4.19. The summed E-state index contributed by atoms with van der Waals surface area (Å²) in [6.07, 6.45) is 6.07. The van der Waals surface area contributed by atoms with Crippen LogP contribution in [0.5, 0.6) is 0 Å². The fourth-order valence-corrected chi connectivity index (χ4v) is 3.39. The van der Waals surface area contributed by atoms with E-state index in [0.29, 0.717) is 12.1 Å². The Morgan fingerprint density at radius 2 is 2.21 bits per heavy atom. The smallest absolute Gasteiger partial charge is 0.0332 e. The highest BCUT2D eigenvalue weighted by Gasteiger charge is 2.25. The molecule has 0 fully saturated rings. The minimum absolute atomic E-state index is 0.323. The molecule has 3 rings (SSSR count). The van der Waals surface area contributed by atoms with Crippen molar-refractivity contribution in [3.63, 3.8) is 0 Å². The van der Waals surface area contributed by atoms with Gasteiger partial charge in [0.1, 0.15) is 0 Å². The van der Waals surface area contributed by atoms with E-state index in [0.717, 1.165) is 6.42 Å². The van der Waals surface area contributed by atoms with Gasteiger partial charge in [-0.3, -0.25) is 4.98 Å². The molecule has 0 amide bonds. The molecular weight excluding hydrogens is 300 g/mol. The maximum absolute atomic E-state index is 4.19. The molecule has 2 aromatic rings. The van der Waals surface area contributed by atoms with Gasteiger partial charge in [-0.1, -0.05) is 34.1 Å². The summed E-state index contributed by atoms with van der Waals surface area (Å²) in [6.45, 7) is 2.20. The summed E-state index contributed by atoms with van der Waals surface area (Å²) in [5.74, 6) is 0. The highest BCUT2D eigenvalue weighted by Crippen LogP contribution is 2.36. The van der Waals surface area contributed by atoms with Gasteiger partial charge in [0.2, 0.25) is 0 Å². The Balaban J connectivity index is 1.78. The number of benzene rings is 1. The van der Waals surface area contributed by atoms with Crippen molar-refractivity contribution in [3.05, 3.63) is 63.9 Å². The lowest BCUT2D eigenvalue weighted by Gasteiger charge is -2.20. The summed E-state index contributed by atoms with van der Waals surface area (Å²) in [7, 11) is 0. The molecule has 19 heavy (non-hydrogen) atoms. The van der Waals surface area contributed by atoms with Gasteiger partial charge < -0.3 is 5.32 Å². The maximum Gasteiger partial charge on any atom is 0.0332 e. The number of nitrogens with one attached hydrogen (secondary N) is 1. The first-order valence-corrected chi connectivity index (χ1v) is 7.48. The number of hydrogen-bond acceptors (Lipinski definition) is 2. The molecule has 0 spiro atoms. The Morgan fingerprint density at radius 1 is 1.32 bits per heavy atom. The van der Waals surface area contributed by atoms with Crippen LogP contribution in [-0.4, -0.2) is 4.98 Å². The van der Waals surface area contributed by atoms with E-state index in [1.54, 1.807) is 0 Å². The molecule has 2 atom stereocenters. The Kier molecular flexibility index (Phi) is 3.67. The molecule has 1 aromatic heterocycles.